The van der Waals surface area contributed by atoms with Crippen molar-refractivity contribution in [2.24, 2.45) is 0 Å². The van der Waals surface area contributed by atoms with E-state index in [1.807, 2.05) is 0 Å². The fourth-order valence-corrected chi connectivity index (χ4v) is 0.515. The van der Waals surface area contributed by atoms with Crippen LogP contribution >= 0.6 is 0 Å². The third kappa shape index (κ3) is 2.30. The second-order valence-electron chi connectivity index (χ2n) is 2.18. The van der Waals surface area contributed by atoms with Crippen molar-refractivity contribution in [2.45, 2.75) is 32.2 Å². The van der Waals surface area contributed by atoms with Crippen molar-refractivity contribution in [2.75, 3.05) is 7.11 Å². The molecule has 56 valence electrons. The van der Waals surface area contributed by atoms with Gasteiger partial charge in [-0.1, -0.05) is 6.92 Å². The topological polar surface area (TPSA) is 49.7 Å². The van der Waals surface area contributed by atoms with Crippen LogP contribution in [0.2, 0.25) is 0 Å². The Labute approximate surface area is 55.3 Å². The fourth-order valence-electron chi connectivity index (χ4n) is 0.515. The lowest BCUT2D eigenvalue weighted by molar-refractivity contribution is -0.230. The molecule has 0 bridgehead atoms. The Morgan fingerprint density at radius 2 is 2.11 bits per heavy atom. The van der Waals surface area contributed by atoms with Crippen LogP contribution in [-0.2, 0) is 4.74 Å². The van der Waals surface area contributed by atoms with E-state index in [1.165, 1.54) is 14.0 Å². The minimum absolute atomic E-state index is 0.487. The number of rotatable bonds is 3. The largest absolute Gasteiger partial charge is 0.388 e. The monoisotopic (exact) mass is 134 g/mol. The third-order valence-corrected chi connectivity index (χ3v) is 1.42. The molecule has 0 rings (SSSR count). The van der Waals surface area contributed by atoms with E-state index in [1.54, 1.807) is 6.92 Å². The Balaban J connectivity index is 3.80. The van der Waals surface area contributed by atoms with E-state index in [0.717, 1.165) is 0 Å². The van der Waals surface area contributed by atoms with Gasteiger partial charge in [-0.25, -0.2) is 0 Å². The van der Waals surface area contributed by atoms with Gasteiger partial charge in [0.15, 0.2) is 5.79 Å². The Morgan fingerprint density at radius 3 is 2.22 bits per heavy atom. The molecule has 0 saturated heterocycles. The average Bonchev–Trinajstić information content (AvgIpc) is 1.86. The number of hydrogen-bond acceptors (Lipinski definition) is 3. The summed E-state index contributed by atoms with van der Waals surface area (Å²) in [4.78, 5) is 0. The zero-order valence-electron chi connectivity index (χ0n) is 6.09. The molecule has 0 heterocycles. The number of hydrogen-bond donors (Lipinski definition) is 2. The molecule has 0 aliphatic rings. The van der Waals surface area contributed by atoms with Gasteiger partial charge < -0.3 is 14.9 Å². The highest BCUT2D eigenvalue weighted by molar-refractivity contribution is 4.68. The zero-order chi connectivity index (χ0) is 7.49. The quantitative estimate of drug-likeness (QED) is 0.539. The van der Waals surface area contributed by atoms with Crippen LogP contribution in [0.25, 0.3) is 0 Å². The van der Waals surface area contributed by atoms with E-state index >= 15 is 0 Å². The van der Waals surface area contributed by atoms with Gasteiger partial charge in [0.25, 0.3) is 0 Å². The second kappa shape index (κ2) is 3.15. The Morgan fingerprint density at radius 1 is 1.67 bits per heavy atom. The molecule has 0 fully saturated rings. The molecule has 0 saturated carbocycles. The summed E-state index contributed by atoms with van der Waals surface area (Å²) in [7, 11) is 1.36. The molecule has 0 aromatic rings. The molecule has 2 atom stereocenters. The lowest BCUT2D eigenvalue weighted by Crippen LogP contribution is -2.40. The summed E-state index contributed by atoms with van der Waals surface area (Å²) in [5, 5.41) is 18.1. The zero-order valence-corrected chi connectivity index (χ0v) is 6.09. The fraction of sp³-hybridized carbons (Fsp3) is 1.00. The van der Waals surface area contributed by atoms with Crippen LogP contribution in [0, 0.1) is 0 Å². The first-order valence-corrected chi connectivity index (χ1v) is 3.00. The first-order valence-electron chi connectivity index (χ1n) is 3.00. The molecule has 0 radical (unpaired) electrons. The van der Waals surface area contributed by atoms with Crippen molar-refractivity contribution in [3.8, 4) is 0 Å². The molecule has 9 heavy (non-hydrogen) atoms. The number of methoxy groups -OCH3 is 1. The van der Waals surface area contributed by atoms with E-state index in [-0.39, 0.29) is 0 Å². The van der Waals surface area contributed by atoms with Gasteiger partial charge in [0, 0.05) is 7.11 Å². The normalized spacial score (nSPS) is 21.0. The van der Waals surface area contributed by atoms with E-state index in [9.17, 15) is 0 Å². The maximum Gasteiger partial charge on any atom is 0.188 e. The van der Waals surface area contributed by atoms with Gasteiger partial charge in [-0.05, 0) is 13.3 Å². The first kappa shape index (κ1) is 8.88. The Kier molecular flexibility index (Phi) is 3.11. The van der Waals surface area contributed by atoms with Crippen LogP contribution in [0.1, 0.15) is 20.3 Å². The van der Waals surface area contributed by atoms with Crippen molar-refractivity contribution in [3.05, 3.63) is 0 Å². The molecule has 0 aromatic heterocycles. The molecule has 0 aliphatic heterocycles. The maximum atomic E-state index is 9.12. The molecular weight excluding hydrogens is 120 g/mol. The van der Waals surface area contributed by atoms with Gasteiger partial charge in [-0.3, -0.25) is 0 Å². The van der Waals surface area contributed by atoms with Gasteiger partial charge in [-0.15, -0.1) is 0 Å². The van der Waals surface area contributed by atoms with Gasteiger partial charge in [0.2, 0.25) is 0 Å². The van der Waals surface area contributed by atoms with Crippen LogP contribution < -0.4 is 0 Å². The van der Waals surface area contributed by atoms with Crippen LogP contribution in [0.4, 0.5) is 0 Å². The lowest BCUT2D eigenvalue weighted by atomic mass is 10.1. The van der Waals surface area contributed by atoms with E-state index in [0.29, 0.717) is 6.42 Å². The molecule has 3 nitrogen and oxygen atoms in total. The van der Waals surface area contributed by atoms with Crippen molar-refractivity contribution >= 4 is 0 Å². The molecule has 0 amide bonds. The molecule has 0 spiro atoms. The summed E-state index contributed by atoms with van der Waals surface area (Å²) in [5.41, 5.74) is 0. The average molecular weight is 134 g/mol. The van der Waals surface area contributed by atoms with E-state index in [2.05, 4.69) is 4.74 Å². The molecule has 2 N–H and O–H groups in total. The maximum absolute atomic E-state index is 9.12. The minimum atomic E-state index is -1.39. The predicted octanol–water partition coefficient (Wildman–Crippen LogP) is 0.112. The van der Waals surface area contributed by atoms with Crippen molar-refractivity contribution in [1.82, 2.24) is 0 Å². The highest BCUT2D eigenvalue weighted by Gasteiger charge is 2.27. The molecular formula is C6H14O3. The molecule has 2 unspecified atom stereocenters. The lowest BCUT2D eigenvalue weighted by Gasteiger charge is -2.25. The summed E-state index contributed by atoms with van der Waals surface area (Å²) in [6.45, 7) is 3.21. The second-order valence-corrected chi connectivity index (χ2v) is 2.18. The van der Waals surface area contributed by atoms with Crippen LogP contribution in [0.5, 0.6) is 0 Å². The van der Waals surface area contributed by atoms with Gasteiger partial charge in [-0.2, -0.15) is 0 Å². The summed E-state index contributed by atoms with van der Waals surface area (Å²) in [5.74, 6) is -1.39. The Hall–Kier alpha value is -0.120. The molecule has 0 aromatic carbocycles. The summed E-state index contributed by atoms with van der Waals surface area (Å²) in [6.07, 6.45) is -0.316. The summed E-state index contributed by atoms with van der Waals surface area (Å²) < 4.78 is 4.60. The first-order chi connectivity index (χ1) is 4.04. The van der Waals surface area contributed by atoms with Crippen molar-refractivity contribution < 1.29 is 14.9 Å². The van der Waals surface area contributed by atoms with E-state index < -0.39 is 11.9 Å². The third-order valence-electron chi connectivity index (χ3n) is 1.42. The Bertz CT molecular complexity index is 80.4. The van der Waals surface area contributed by atoms with Gasteiger partial charge >= 0.3 is 0 Å². The highest BCUT2D eigenvalue weighted by atomic mass is 16.6. The van der Waals surface area contributed by atoms with Crippen LogP contribution in [0.15, 0.2) is 0 Å². The predicted molar refractivity (Wildman–Crippen MR) is 33.9 cm³/mol. The van der Waals surface area contributed by atoms with E-state index in [4.69, 9.17) is 10.2 Å². The molecule has 0 aliphatic carbocycles. The number of aliphatic hydroxyl groups is 2. The summed E-state index contributed by atoms with van der Waals surface area (Å²) in [6, 6.07) is 0. The SMILES string of the molecule is CCC(O)C(C)(O)OC. The summed E-state index contributed by atoms with van der Waals surface area (Å²) >= 11 is 0. The van der Waals surface area contributed by atoms with Gasteiger partial charge in [0.05, 0.1) is 0 Å². The molecule has 3 heteroatoms. The number of ether oxygens (including phenoxy) is 1. The van der Waals surface area contributed by atoms with Crippen molar-refractivity contribution in [3.63, 3.8) is 0 Å². The van der Waals surface area contributed by atoms with Gasteiger partial charge in [0.1, 0.15) is 6.10 Å². The highest BCUT2D eigenvalue weighted by Crippen LogP contribution is 2.12. The van der Waals surface area contributed by atoms with Crippen LogP contribution in [-0.4, -0.2) is 29.2 Å². The smallest absolute Gasteiger partial charge is 0.188 e. The minimum Gasteiger partial charge on any atom is -0.388 e. The number of aliphatic hydroxyl groups excluding tert-OH is 1. The standard InChI is InChI=1S/C6H14O3/c1-4-5(7)6(2,8)9-3/h5,7-8H,4H2,1-3H3. The van der Waals surface area contributed by atoms with Crippen molar-refractivity contribution in [1.29, 1.82) is 0 Å². The van der Waals surface area contributed by atoms with Crippen LogP contribution in [0.3, 0.4) is 0 Å².